The molecule has 0 spiro atoms. The lowest BCUT2D eigenvalue weighted by molar-refractivity contribution is 0.476. The van der Waals surface area contributed by atoms with E-state index >= 15 is 0 Å². The van der Waals surface area contributed by atoms with Crippen molar-refractivity contribution in [3.63, 3.8) is 0 Å². The highest BCUT2D eigenvalue weighted by molar-refractivity contribution is 5.81. The Morgan fingerprint density at radius 3 is 2.43 bits per heavy atom. The van der Waals surface area contributed by atoms with Crippen molar-refractivity contribution in [3.8, 4) is 16.9 Å². The average molecular weight is 184 g/mol. The van der Waals surface area contributed by atoms with Gasteiger partial charge in [0.15, 0.2) is 0 Å². The monoisotopic (exact) mass is 184 g/mol. The molecule has 0 amide bonds. The van der Waals surface area contributed by atoms with Crippen molar-refractivity contribution in [3.05, 3.63) is 48.5 Å². The van der Waals surface area contributed by atoms with Crippen LogP contribution in [-0.4, -0.2) is 5.11 Å². The number of nitrogen functional groups attached to an aromatic ring is 1. The minimum atomic E-state index is 0.0937. The van der Waals surface area contributed by atoms with Crippen LogP contribution in [0.3, 0.4) is 0 Å². The first-order chi connectivity index (χ1) is 6.79. The Balaban J connectivity index is 2.63. The number of aromatic hydroxyl groups is 1. The van der Waals surface area contributed by atoms with E-state index in [2.05, 4.69) is 6.07 Å². The Bertz CT molecular complexity index is 417. The van der Waals surface area contributed by atoms with E-state index in [1.54, 1.807) is 12.1 Å². The highest BCUT2D eigenvalue weighted by atomic mass is 16.3. The van der Waals surface area contributed by atoms with Gasteiger partial charge in [0.2, 0.25) is 0 Å². The number of phenols is 1. The van der Waals surface area contributed by atoms with E-state index in [0.717, 1.165) is 5.56 Å². The molecule has 69 valence electrons. The Hall–Kier alpha value is -1.96. The van der Waals surface area contributed by atoms with Crippen molar-refractivity contribution < 1.29 is 5.11 Å². The third-order valence-electron chi connectivity index (χ3n) is 2.07. The molecular formula is C12H10NO. The second kappa shape index (κ2) is 3.42. The van der Waals surface area contributed by atoms with Crippen molar-refractivity contribution in [2.24, 2.45) is 0 Å². The first-order valence-electron chi connectivity index (χ1n) is 4.33. The maximum absolute atomic E-state index is 9.61. The summed E-state index contributed by atoms with van der Waals surface area (Å²) in [6, 6.07) is 15.6. The molecule has 0 aliphatic heterocycles. The maximum Gasteiger partial charge on any atom is 0.133 e. The number of anilines is 1. The van der Waals surface area contributed by atoms with E-state index < -0.39 is 0 Å². The van der Waals surface area contributed by atoms with Crippen LogP contribution in [0, 0.1) is 6.07 Å². The molecule has 2 rings (SSSR count). The molecule has 1 radical (unpaired) electrons. The first-order valence-corrected chi connectivity index (χ1v) is 4.33. The third-order valence-corrected chi connectivity index (χ3v) is 2.07. The summed E-state index contributed by atoms with van der Waals surface area (Å²) in [7, 11) is 0. The Kier molecular flexibility index (Phi) is 2.11. The number of rotatable bonds is 1. The van der Waals surface area contributed by atoms with Gasteiger partial charge in [0, 0.05) is 17.3 Å². The maximum atomic E-state index is 9.61. The molecule has 0 aromatic heterocycles. The summed E-state index contributed by atoms with van der Waals surface area (Å²) >= 11 is 0. The minimum Gasteiger partial charge on any atom is -0.507 e. The van der Waals surface area contributed by atoms with Crippen molar-refractivity contribution in [1.82, 2.24) is 0 Å². The van der Waals surface area contributed by atoms with Crippen LogP contribution in [-0.2, 0) is 0 Å². The van der Waals surface area contributed by atoms with Crippen molar-refractivity contribution in [2.45, 2.75) is 0 Å². The normalized spacial score (nSPS) is 10.0. The number of phenolic OH excluding ortho intramolecular Hbond substituents is 1. The predicted molar refractivity (Wildman–Crippen MR) is 56.8 cm³/mol. The van der Waals surface area contributed by atoms with Crippen LogP contribution in [0.15, 0.2) is 42.5 Å². The van der Waals surface area contributed by atoms with Gasteiger partial charge in [-0.3, -0.25) is 0 Å². The lowest BCUT2D eigenvalue weighted by atomic mass is 10.0. The zero-order valence-electron chi connectivity index (χ0n) is 7.57. The largest absolute Gasteiger partial charge is 0.507 e. The molecule has 0 bridgehead atoms. The summed E-state index contributed by atoms with van der Waals surface area (Å²) in [5.41, 5.74) is 7.88. The van der Waals surface area contributed by atoms with Crippen molar-refractivity contribution >= 4 is 5.69 Å². The molecule has 0 unspecified atom stereocenters. The molecule has 2 nitrogen and oxygen atoms in total. The van der Waals surface area contributed by atoms with E-state index in [4.69, 9.17) is 5.73 Å². The molecule has 14 heavy (non-hydrogen) atoms. The summed E-state index contributed by atoms with van der Waals surface area (Å²) in [5, 5.41) is 9.61. The van der Waals surface area contributed by atoms with Gasteiger partial charge < -0.3 is 10.8 Å². The quantitative estimate of drug-likeness (QED) is 0.668. The molecule has 2 aromatic carbocycles. The van der Waals surface area contributed by atoms with Gasteiger partial charge in [-0.1, -0.05) is 30.3 Å². The summed E-state index contributed by atoms with van der Waals surface area (Å²) in [6.07, 6.45) is 0. The Morgan fingerprint density at radius 1 is 1.07 bits per heavy atom. The van der Waals surface area contributed by atoms with E-state index in [9.17, 15) is 5.11 Å². The molecule has 0 saturated carbocycles. The highest BCUT2D eigenvalue weighted by Gasteiger charge is 2.06. The fraction of sp³-hybridized carbons (Fsp3) is 0. The first kappa shape index (κ1) is 8.63. The van der Waals surface area contributed by atoms with Crippen LogP contribution in [0.1, 0.15) is 0 Å². The van der Waals surface area contributed by atoms with Crippen LogP contribution < -0.4 is 5.73 Å². The number of hydrogen-bond acceptors (Lipinski definition) is 2. The number of benzene rings is 2. The van der Waals surface area contributed by atoms with Gasteiger partial charge in [0.1, 0.15) is 5.75 Å². The molecule has 2 aromatic rings. The summed E-state index contributed by atoms with van der Waals surface area (Å²) in [4.78, 5) is 0. The molecule has 0 aliphatic rings. The second-order valence-corrected chi connectivity index (χ2v) is 3.02. The topological polar surface area (TPSA) is 46.2 Å². The fourth-order valence-corrected chi connectivity index (χ4v) is 1.41. The summed E-state index contributed by atoms with van der Waals surface area (Å²) in [6.45, 7) is 0. The molecule has 3 N–H and O–H groups in total. The lowest BCUT2D eigenvalue weighted by Crippen LogP contribution is -1.89. The van der Waals surface area contributed by atoms with Crippen LogP contribution in [0.2, 0.25) is 0 Å². The summed E-state index contributed by atoms with van der Waals surface area (Å²) in [5.74, 6) is 0.0937. The number of nitrogens with two attached hydrogens (primary N) is 1. The molecule has 2 heteroatoms. The SMILES string of the molecule is Nc1cc[c]c(O)c1-c1ccccc1. The third kappa shape index (κ3) is 1.42. The smallest absolute Gasteiger partial charge is 0.133 e. The van der Waals surface area contributed by atoms with Crippen molar-refractivity contribution in [1.29, 1.82) is 0 Å². The van der Waals surface area contributed by atoms with Gasteiger partial charge in [0.25, 0.3) is 0 Å². The Morgan fingerprint density at radius 2 is 1.79 bits per heavy atom. The highest BCUT2D eigenvalue weighted by Crippen LogP contribution is 2.33. The van der Waals surface area contributed by atoms with Gasteiger partial charge in [-0.2, -0.15) is 0 Å². The Labute approximate surface area is 82.6 Å². The molecule has 0 fully saturated rings. The predicted octanol–water partition coefficient (Wildman–Crippen LogP) is 2.44. The van der Waals surface area contributed by atoms with Crippen LogP contribution in [0.5, 0.6) is 5.75 Å². The van der Waals surface area contributed by atoms with Gasteiger partial charge in [-0.15, -0.1) is 0 Å². The molecular weight excluding hydrogens is 174 g/mol. The molecule has 0 saturated heterocycles. The molecule has 0 aliphatic carbocycles. The van der Waals surface area contributed by atoms with E-state index in [0.29, 0.717) is 11.3 Å². The number of hydrogen-bond donors (Lipinski definition) is 2. The van der Waals surface area contributed by atoms with Gasteiger partial charge in [0.05, 0.1) is 0 Å². The van der Waals surface area contributed by atoms with E-state index in [-0.39, 0.29) is 5.75 Å². The van der Waals surface area contributed by atoms with Gasteiger partial charge in [-0.25, -0.2) is 0 Å². The van der Waals surface area contributed by atoms with Crippen molar-refractivity contribution in [2.75, 3.05) is 5.73 Å². The summed E-state index contributed by atoms with van der Waals surface area (Å²) < 4.78 is 0. The van der Waals surface area contributed by atoms with Crippen LogP contribution in [0.4, 0.5) is 5.69 Å². The second-order valence-electron chi connectivity index (χ2n) is 3.02. The average Bonchev–Trinajstić information content (AvgIpc) is 2.19. The van der Waals surface area contributed by atoms with Gasteiger partial charge in [-0.05, 0) is 17.7 Å². The van der Waals surface area contributed by atoms with Crippen LogP contribution in [0.25, 0.3) is 11.1 Å². The van der Waals surface area contributed by atoms with Crippen LogP contribution >= 0.6 is 0 Å². The lowest BCUT2D eigenvalue weighted by Gasteiger charge is -2.06. The van der Waals surface area contributed by atoms with E-state index in [1.807, 2.05) is 30.3 Å². The fourth-order valence-electron chi connectivity index (χ4n) is 1.41. The standard InChI is InChI=1S/C12H10NO/c13-10-7-4-8-11(14)12(10)9-5-2-1-3-6-9/h1-7,14H,13H2. The molecule has 0 atom stereocenters. The van der Waals surface area contributed by atoms with Gasteiger partial charge >= 0.3 is 0 Å². The zero-order valence-corrected chi connectivity index (χ0v) is 7.57. The zero-order chi connectivity index (χ0) is 9.97. The van der Waals surface area contributed by atoms with E-state index in [1.165, 1.54) is 0 Å². The minimum absolute atomic E-state index is 0.0937. The molecule has 0 heterocycles.